The molecule has 5 nitrogen and oxygen atoms in total. The average Bonchev–Trinajstić information content (AvgIpc) is 2.52. The number of nitrogens with one attached hydrogen (secondary N) is 1. The molecule has 0 aliphatic heterocycles. The number of aromatic nitrogens is 1. The monoisotopic (exact) mass is 286 g/mol. The molecule has 0 spiro atoms. The lowest BCUT2D eigenvalue weighted by Gasteiger charge is -2.10. The van der Waals surface area contributed by atoms with E-state index in [4.69, 9.17) is 9.47 Å². The molecule has 0 saturated carbocycles. The normalized spacial score (nSPS) is 10.0. The van der Waals surface area contributed by atoms with Gasteiger partial charge in [0.2, 0.25) is 0 Å². The minimum atomic E-state index is -0.181. The van der Waals surface area contributed by atoms with Gasteiger partial charge in [0.25, 0.3) is 5.91 Å². The minimum absolute atomic E-state index is 0.181. The minimum Gasteiger partial charge on any atom is -0.493 e. The highest BCUT2D eigenvalue weighted by Gasteiger charge is 2.10. The maximum atomic E-state index is 12.1. The lowest BCUT2D eigenvalue weighted by Crippen LogP contribution is -2.23. The quantitative estimate of drug-likeness (QED) is 0.916. The lowest BCUT2D eigenvalue weighted by atomic mass is 10.2. The van der Waals surface area contributed by atoms with E-state index in [2.05, 4.69) is 10.3 Å². The topological polar surface area (TPSA) is 60.5 Å². The van der Waals surface area contributed by atoms with E-state index in [0.717, 1.165) is 11.4 Å². The van der Waals surface area contributed by atoms with Crippen LogP contribution in [0.2, 0.25) is 0 Å². The predicted molar refractivity (Wildman–Crippen MR) is 79.7 cm³/mol. The van der Waals surface area contributed by atoms with Gasteiger partial charge in [-0.05, 0) is 37.3 Å². The Balaban J connectivity index is 2.06. The second-order valence-electron chi connectivity index (χ2n) is 4.52. The van der Waals surface area contributed by atoms with E-state index in [0.29, 0.717) is 23.6 Å². The number of hydrogen-bond acceptors (Lipinski definition) is 4. The number of rotatable bonds is 5. The molecule has 1 N–H and O–H groups in total. The van der Waals surface area contributed by atoms with Gasteiger partial charge in [-0.25, -0.2) is 0 Å². The fraction of sp³-hybridized carbons (Fsp3) is 0.250. The number of methoxy groups -OCH3 is 2. The molecular weight excluding hydrogens is 268 g/mol. The van der Waals surface area contributed by atoms with E-state index in [-0.39, 0.29) is 5.91 Å². The van der Waals surface area contributed by atoms with Crippen LogP contribution in [0.3, 0.4) is 0 Å². The van der Waals surface area contributed by atoms with Gasteiger partial charge in [-0.15, -0.1) is 0 Å². The Morgan fingerprint density at radius 3 is 2.57 bits per heavy atom. The summed E-state index contributed by atoms with van der Waals surface area (Å²) in [7, 11) is 3.09. The van der Waals surface area contributed by atoms with Crippen LogP contribution in [0.4, 0.5) is 0 Å². The van der Waals surface area contributed by atoms with Crippen LogP contribution in [-0.2, 0) is 6.54 Å². The van der Waals surface area contributed by atoms with Gasteiger partial charge >= 0.3 is 0 Å². The fourth-order valence-electron chi connectivity index (χ4n) is 1.95. The molecule has 0 aliphatic rings. The summed E-state index contributed by atoms with van der Waals surface area (Å²) in [4.78, 5) is 16.5. The highest BCUT2D eigenvalue weighted by Crippen LogP contribution is 2.27. The van der Waals surface area contributed by atoms with Crippen molar-refractivity contribution in [3.05, 3.63) is 53.3 Å². The molecule has 0 aliphatic carbocycles. The molecule has 0 bridgehead atoms. The highest BCUT2D eigenvalue weighted by atomic mass is 16.5. The second kappa shape index (κ2) is 6.74. The molecule has 1 heterocycles. The molecule has 0 fully saturated rings. The van der Waals surface area contributed by atoms with Gasteiger partial charge in [-0.1, -0.05) is 6.07 Å². The summed E-state index contributed by atoms with van der Waals surface area (Å²) in [6.07, 6.45) is 0. The summed E-state index contributed by atoms with van der Waals surface area (Å²) in [5.74, 6) is 0.937. The van der Waals surface area contributed by atoms with Crippen LogP contribution in [0.5, 0.6) is 11.5 Å². The van der Waals surface area contributed by atoms with E-state index < -0.39 is 0 Å². The second-order valence-corrected chi connectivity index (χ2v) is 4.52. The van der Waals surface area contributed by atoms with Crippen LogP contribution in [0.1, 0.15) is 21.7 Å². The van der Waals surface area contributed by atoms with E-state index >= 15 is 0 Å². The maximum Gasteiger partial charge on any atom is 0.251 e. The zero-order chi connectivity index (χ0) is 15.2. The molecule has 0 saturated heterocycles. The van der Waals surface area contributed by atoms with Crippen molar-refractivity contribution >= 4 is 5.91 Å². The van der Waals surface area contributed by atoms with Gasteiger partial charge in [0.15, 0.2) is 11.5 Å². The molecular formula is C16H18N2O3. The third-order valence-corrected chi connectivity index (χ3v) is 3.02. The first kappa shape index (κ1) is 14.8. The van der Waals surface area contributed by atoms with Gasteiger partial charge in [0.1, 0.15) is 0 Å². The van der Waals surface area contributed by atoms with Gasteiger partial charge in [-0.2, -0.15) is 0 Å². The van der Waals surface area contributed by atoms with Gasteiger partial charge in [-0.3, -0.25) is 9.78 Å². The van der Waals surface area contributed by atoms with Gasteiger partial charge in [0, 0.05) is 11.3 Å². The van der Waals surface area contributed by atoms with Crippen LogP contribution in [0, 0.1) is 6.92 Å². The first-order valence-electron chi connectivity index (χ1n) is 6.57. The van der Waals surface area contributed by atoms with Crippen molar-refractivity contribution in [2.24, 2.45) is 0 Å². The van der Waals surface area contributed by atoms with Crippen LogP contribution in [0.15, 0.2) is 36.4 Å². The first-order valence-corrected chi connectivity index (χ1v) is 6.57. The summed E-state index contributed by atoms with van der Waals surface area (Å²) < 4.78 is 10.3. The van der Waals surface area contributed by atoms with Crippen molar-refractivity contribution in [3.63, 3.8) is 0 Å². The predicted octanol–water partition coefficient (Wildman–Crippen LogP) is 2.34. The number of pyridine rings is 1. The lowest BCUT2D eigenvalue weighted by molar-refractivity contribution is 0.0950. The molecule has 21 heavy (non-hydrogen) atoms. The van der Waals surface area contributed by atoms with E-state index in [1.165, 1.54) is 7.11 Å². The largest absolute Gasteiger partial charge is 0.493 e. The molecule has 110 valence electrons. The third-order valence-electron chi connectivity index (χ3n) is 3.02. The average molecular weight is 286 g/mol. The van der Waals surface area contributed by atoms with Crippen molar-refractivity contribution in [2.45, 2.75) is 13.5 Å². The molecule has 0 unspecified atom stereocenters. The number of carbonyl (C=O) groups is 1. The van der Waals surface area contributed by atoms with Crippen LogP contribution in [0.25, 0.3) is 0 Å². The molecule has 1 amide bonds. The van der Waals surface area contributed by atoms with Gasteiger partial charge in [0.05, 0.1) is 26.5 Å². The highest BCUT2D eigenvalue weighted by molar-refractivity contribution is 5.94. The van der Waals surface area contributed by atoms with Gasteiger partial charge < -0.3 is 14.8 Å². The molecule has 1 aromatic heterocycles. The fourth-order valence-corrected chi connectivity index (χ4v) is 1.95. The van der Waals surface area contributed by atoms with Crippen LogP contribution < -0.4 is 14.8 Å². The number of hydrogen-bond donors (Lipinski definition) is 1. The van der Waals surface area contributed by atoms with Crippen molar-refractivity contribution in [3.8, 4) is 11.5 Å². The Kier molecular flexibility index (Phi) is 4.77. The Bertz CT molecular complexity index is 641. The molecule has 2 aromatic rings. The van der Waals surface area contributed by atoms with Crippen molar-refractivity contribution in [1.29, 1.82) is 0 Å². The first-order chi connectivity index (χ1) is 10.1. The smallest absolute Gasteiger partial charge is 0.251 e. The number of benzene rings is 1. The SMILES string of the molecule is COc1ccc(C(=O)NCc2cccc(C)n2)cc1OC. The molecule has 5 heteroatoms. The Morgan fingerprint density at radius 1 is 1.14 bits per heavy atom. The third kappa shape index (κ3) is 3.72. The van der Waals surface area contributed by atoms with E-state index in [1.807, 2.05) is 25.1 Å². The number of ether oxygens (including phenoxy) is 2. The van der Waals surface area contributed by atoms with Crippen LogP contribution >= 0.6 is 0 Å². The Hall–Kier alpha value is -2.56. The van der Waals surface area contributed by atoms with Crippen molar-refractivity contribution in [2.75, 3.05) is 14.2 Å². The number of carbonyl (C=O) groups excluding carboxylic acids is 1. The maximum absolute atomic E-state index is 12.1. The van der Waals surface area contributed by atoms with E-state index in [1.54, 1.807) is 25.3 Å². The number of amides is 1. The van der Waals surface area contributed by atoms with Crippen LogP contribution in [-0.4, -0.2) is 25.1 Å². The summed E-state index contributed by atoms with van der Waals surface area (Å²) >= 11 is 0. The molecule has 0 radical (unpaired) electrons. The summed E-state index contributed by atoms with van der Waals surface area (Å²) in [6.45, 7) is 2.30. The molecule has 2 rings (SSSR count). The summed E-state index contributed by atoms with van der Waals surface area (Å²) in [5.41, 5.74) is 2.26. The number of nitrogens with zero attached hydrogens (tertiary/aromatic N) is 1. The summed E-state index contributed by atoms with van der Waals surface area (Å²) in [6, 6.07) is 10.8. The van der Waals surface area contributed by atoms with Crippen molar-refractivity contribution < 1.29 is 14.3 Å². The summed E-state index contributed by atoms with van der Waals surface area (Å²) in [5, 5.41) is 2.83. The molecule has 0 atom stereocenters. The zero-order valence-corrected chi connectivity index (χ0v) is 12.3. The van der Waals surface area contributed by atoms with E-state index in [9.17, 15) is 4.79 Å². The zero-order valence-electron chi connectivity index (χ0n) is 12.3. The molecule has 1 aromatic carbocycles. The Morgan fingerprint density at radius 2 is 1.90 bits per heavy atom. The standard InChI is InChI=1S/C16H18N2O3/c1-11-5-4-6-13(18-11)10-17-16(19)12-7-8-14(20-2)15(9-12)21-3/h4-9H,10H2,1-3H3,(H,17,19). The number of aryl methyl sites for hydroxylation is 1. The van der Waals surface area contributed by atoms with Crippen molar-refractivity contribution in [1.82, 2.24) is 10.3 Å². The Labute approximate surface area is 123 Å².